The van der Waals surface area contributed by atoms with E-state index in [-0.39, 0.29) is 18.4 Å². The number of halogens is 5. The third-order valence-corrected chi connectivity index (χ3v) is 2.20. The summed E-state index contributed by atoms with van der Waals surface area (Å²) in [6, 6.07) is 2.40. The molecule has 3 nitrogen and oxygen atoms in total. The molecule has 0 aliphatic heterocycles. The summed E-state index contributed by atoms with van der Waals surface area (Å²) < 4.78 is 65.5. The van der Waals surface area contributed by atoms with Crippen LogP contribution in [0.15, 0.2) is 18.2 Å². The summed E-state index contributed by atoms with van der Waals surface area (Å²) in [5.41, 5.74) is -1.15. The lowest BCUT2D eigenvalue weighted by molar-refractivity contribution is -0.142. The van der Waals surface area contributed by atoms with Crippen LogP contribution in [0.1, 0.15) is 17.5 Å². The second-order valence-corrected chi connectivity index (χ2v) is 3.60. The van der Waals surface area contributed by atoms with Gasteiger partial charge in [0.05, 0.1) is 5.56 Å². The number of carboxylic acid groups (broad SMARTS) is 1. The molecule has 0 aliphatic rings. The number of hydrogen-bond donors (Lipinski definition) is 1. The summed E-state index contributed by atoms with van der Waals surface area (Å²) in [6.45, 7) is -3.39. The minimum atomic E-state index is -4.82. The summed E-state index contributed by atoms with van der Waals surface area (Å²) in [7, 11) is 0. The number of ether oxygens (including phenoxy) is 1. The van der Waals surface area contributed by atoms with E-state index in [0.29, 0.717) is 6.07 Å². The Kier molecular flexibility index (Phi) is 4.68. The second kappa shape index (κ2) is 5.85. The fraction of sp³-hybridized carbons (Fsp3) is 0.364. The van der Waals surface area contributed by atoms with Crippen molar-refractivity contribution in [2.75, 3.05) is 0 Å². The molecular weight excluding hydrogens is 275 g/mol. The minimum absolute atomic E-state index is 0.0763. The normalized spacial score (nSPS) is 11.7. The highest BCUT2D eigenvalue weighted by molar-refractivity contribution is 5.67. The van der Waals surface area contributed by atoms with Gasteiger partial charge in [0, 0.05) is 6.42 Å². The van der Waals surface area contributed by atoms with Gasteiger partial charge in [-0.05, 0) is 24.1 Å². The molecule has 0 aromatic heterocycles. The number of hydrogen-bond acceptors (Lipinski definition) is 2. The van der Waals surface area contributed by atoms with Crippen LogP contribution in [0.2, 0.25) is 0 Å². The van der Waals surface area contributed by atoms with Crippen molar-refractivity contribution >= 4 is 5.97 Å². The molecule has 0 unspecified atom stereocenters. The van der Waals surface area contributed by atoms with Crippen molar-refractivity contribution in [1.82, 2.24) is 0 Å². The van der Waals surface area contributed by atoms with Gasteiger partial charge < -0.3 is 9.84 Å². The lowest BCUT2D eigenvalue weighted by Crippen LogP contribution is -2.12. The number of rotatable bonds is 5. The third kappa shape index (κ3) is 4.72. The molecule has 0 radical (unpaired) electrons. The van der Waals surface area contributed by atoms with Crippen LogP contribution in [0.5, 0.6) is 5.75 Å². The van der Waals surface area contributed by atoms with Gasteiger partial charge in [-0.2, -0.15) is 22.0 Å². The van der Waals surface area contributed by atoms with Crippen molar-refractivity contribution in [2.24, 2.45) is 0 Å². The first-order valence-corrected chi connectivity index (χ1v) is 5.07. The molecule has 19 heavy (non-hydrogen) atoms. The molecule has 1 aromatic rings. The fourth-order valence-electron chi connectivity index (χ4n) is 1.40. The lowest BCUT2D eigenvalue weighted by atomic mass is 10.1. The van der Waals surface area contributed by atoms with Crippen LogP contribution in [0.4, 0.5) is 22.0 Å². The molecule has 0 bridgehead atoms. The zero-order valence-corrected chi connectivity index (χ0v) is 9.38. The number of alkyl halides is 5. The van der Waals surface area contributed by atoms with Crippen LogP contribution in [-0.4, -0.2) is 17.7 Å². The van der Waals surface area contributed by atoms with E-state index in [2.05, 4.69) is 4.74 Å². The molecule has 0 atom stereocenters. The minimum Gasteiger partial charge on any atom is -0.481 e. The molecule has 1 aromatic carbocycles. The van der Waals surface area contributed by atoms with Crippen LogP contribution >= 0.6 is 0 Å². The van der Waals surface area contributed by atoms with Gasteiger partial charge in [0.15, 0.2) is 0 Å². The Morgan fingerprint density at radius 2 is 1.95 bits per heavy atom. The Balaban J connectivity index is 3.04. The molecule has 1 rings (SSSR count). The predicted molar refractivity (Wildman–Crippen MR) is 54.0 cm³/mol. The monoisotopic (exact) mass is 284 g/mol. The van der Waals surface area contributed by atoms with Crippen LogP contribution in [0.25, 0.3) is 0 Å². The highest BCUT2D eigenvalue weighted by Gasteiger charge is 2.35. The van der Waals surface area contributed by atoms with E-state index in [1.54, 1.807) is 0 Å². The zero-order valence-electron chi connectivity index (χ0n) is 9.38. The Morgan fingerprint density at radius 3 is 2.42 bits per heavy atom. The van der Waals surface area contributed by atoms with E-state index in [4.69, 9.17) is 5.11 Å². The maximum absolute atomic E-state index is 12.5. The fourth-order valence-corrected chi connectivity index (χ4v) is 1.40. The molecule has 0 spiro atoms. The SMILES string of the molecule is O=C(O)CCc1ccc(C(F)(F)F)c(OC(F)F)c1. The van der Waals surface area contributed by atoms with E-state index in [9.17, 15) is 26.7 Å². The summed E-state index contributed by atoms with van der Waals surface area (Å²) in [5.74, 6) is -2.15. The van der Waals surface area contributed by atoms with Crippen molar-refractivity contribution in [3.63, 3.8) is 0 Å². The summed E-state index contributed by atoms with van der Waals surface area (Å²) >= 11 is 0. The van der Waals surface area contributed by atoms with Crippen molar-refractivity contribution in [3.05, 3.63) is 29.3 Å². The van der Waals surface area contributed by atoms with Crippen molar-refractivity contribution in [2.45, 2.75) is 25.6 Å². The summed E-state index contributed by atoms with van der Waals surface area (Å²) in [6.07, 6.45) is -5.22. The zero-order chi connectivity index (χ0) is 14.6. The van der Waals surface area contributed by atoms with Crippen LogP contribution < -0.4 is 4.74 Å². The summed E-state index contributed by atoms with van der Waals surface area (Å²) in [4.78, 5) is 10.3. The predicted octanol–water partition coefficient (Wildman–Crippen LogP) is 3.32. The number of benzene rings is 1. The molecule has 0 heterocycles. The lowest BCUT2D eigenvalue weighted by Gasteiger charge is -2.14. The Hall–Kier alpha value is -1.86. The van der Waals surface area contributed by atoms with Gasteiger partial charge in [-0.3, -0.25) is 4.79 Å². The first-order chi connectivity index (χ1) is 8.70. The molecule has 106 valence electrons. The largest absolute Gasteiger partial charge is 0.481 e. The van der Waals surface area contributed by atoms with Gasteiger partial charge >= 0.3 is 18.8 Å². The first kappa shape index (κ1) is 15.2. The van der Waals surface area contributed by atoms with Crippen molar-refractivity contribution in [3.8, 4) is 5.75 Å². The van der Waals surface area contributed by atoms with E-state index in [1.807, 2.05) is 0 Å². The highest BCUT2D eigenvalue weighted by atomic mass is 19.4. The van der Waals surface area contributed by atoms with E-state index >= 15 is 0 Å². The number of carboxylic acids is 1. The third-order valence-electron chi connectivity index (χ3n) is 2.20. The topological polar surface area (TPSA) is 46.5 Å². The maximum atomic E-state index is 12.5. The molecule has 0 amide bonds. The standard InChI is InChI=1S/C11H9F5O3/c12-10(13)19-8-5-6(2-4-9(17)18)1-3-7(8)11(14,15)16/h1,3,5,10H,2,4H2,(H,17,18). The second-order valence-electron chi connectivity index (χ2n) is 3.60. The van der Waals surface area contributed by atoms with Crippen LogP contribution in [0, 0.1) is 0 Å². The maximum Gasteiger partial charge on any atom is 0.419 e. The van der Waals surface area contributed by atoms with Crippen LogP contribution in [-0.2, 0) is 17.4 Å². The summed E-state index contributed by atoms with van der Waals surface area (Å²) in [5, 5.41) is 8.44. The van der Waals surface area contributed by atoms with Gasteiger partial charge in [0.25, 0.3) is 0 Å². The molecule has 1 N–H and O–H groups in total. The average Bonchev–Trinajstić information content (AvgIpc) is 2.24. The number of carbonyl (C=O) groups is 1. The van der Waals surface area contributed by atoms with Gasteiger partial charge in [0.2, 0.25) is 0 Å². The molecule has 8 heteroatoms. The van der Waals surface area contributed by atoms with Gasteiger partial charge in [-0.15, -0.1) is 0 Å². The molecule has 0 saturated heterocycles. The molecular formula is C11H9F5O3. The number of aryl methyl sites for hydroxylation is 1. The van der Waals surface area contributed by atoms with Crippen LogP contribution in [0.3, 0.4) is 0 Å². The van der Waals surface area contributed by atoms with Gasteiger partial charge in [-0.25, -0.2) is 0 Å². The van der Waals surface area contributed by atoms with E-state index < -0.39 is 30.1 Å². The van der Waals surface area contributed by atoms with E-state index in [1.165, 1.54) is 0 Å². The quantitative estimate of drug-likeness (QED) is 0.844. The van der Waals surface area contributed by atoms with Crippen molar-refractivity contribution < 1.29 is 36.6 Å². The Morgan fingerprint density at radius 1 is 1.32 bits per heavy atom. The van der Waals surface area contributed by atoms with Gasteiger partial charge in [0.1, 0.15) is 5.75 Å². The van der Waals surface area contributed by atoms with E-state index in [0.717, 1.165) is 12.1 Å². The highest BCUT2D eigenvalue weighted by Crippen LogP contribution is 2.37. The smallest absolute Gasteiger partial charge is 0.419 e. The molecule has 0 saturated carbocycles. The average molecular weight is 284 g/mol. The van der Waals surface area contributed by atoms with Crippen molar-refractivity contribution in [1.29, 1.82) is 0 Å². The van der Waals surface area contributed by atoms with Gasteiger partial charge in [-0.1, -0.05) is 6.07 Å². The first-order valence-electron chi connectivity index (χ1n) is 5.07. The Labute approximate surface area is 104 Å². The Bertz CT molecular complexity index is 456. The number of aliphatic carboxylic acids is 1. The molecule has 0 aliphatic carbocycles. The molecule has 0 fully saturated rings.